The molecule has 0 heterocycles. The second kappa shape index (κ2) is 6.97. The smallest absolute Gasteiger partial charge is 1.00 e. The summed E-state index contributed by atoms with van der Waals surface area (Å²) in [5.41, 5.74) is 1.38. The van der Waals surface area contributed by atoms with Crippen LogP contribution in [0.25, 0.3) is 0 Å². The molecule has 0 aliphatic rings. The molecule has 0 aliphatic heterocycles. The van der Waals surface area contributed by atoms with Crippen molar-refractivity contribution < 1.29 is 7.59 Å². The molecule has 64 valence electrons. The molecule has 12 heavy (non-hydrogen) atoms. The molecule has 0 amide bonds. The minimum absolute atomic E-state index is 0. The van der Waals surface area contributed by atoms with Gasteiger partial charge in [0.05, 0.1) is 7.11 Å². The largest absolute Gasteiger partial charge is 2.00 e. The second-order valence-corrected chi connectivity index (χ2v) is 3.37. The molecular weight excluding hydrogens is 275 g/mol. The van der Waals surface area contributed by atoms with Crippen molar-refractivity contribution in [1.29, 1.82) is 0 Å². The zero-order chi connectivity index (χ0) is 8.10. The Labute approximate surface area is 106 Å². The van der Waals surface area contributed by atoms with Crippen LogP contribution in [0.5, 0.6) is 5.75 Å². The summed E-state index contributed by atoms with van der Waals surface area (Å²) in [7, 11) is 1.69. The van der Waals surface area contributed by atoms with Crippen LogP contribution in [0.3, 0.4) is 0 Å². The Kier molecular flexibility index (Phi) is 7.27. The first-order valence-electron chi connectivity index (χ1n) is 3.55. The molecule has 0 aliphatic carbocycles. The molecule has 1 aromatic carbocycles. The summed E-state index contributed by atoms with van der Waals surface area (Å²) in [4.78, 5) is 0. The van der Waals surface area contributed by atoms with Crippen molar-refractivity contribution in [3.05, 3.63) is 29.8 Å². The normalized spacial score (nSPS) is 8.83. The van der Waals surface area contributed by atoms with Gasteiger partial charge in [-0.3, -0.25) is 0 Å². The predicted molar refractivity (Wildman–Crippen MR) is 63.6 cm³/mol. The number of aryl methyl sites for hydroxylation is 1. The van der Waals surface area contributed by atoms with Gasteiger partial charge < -0.3 is 7.59 Å². The van der Waals surface area contributed by atoms with Gasteiger partial charge in [-0.25, -0.2) is 0 Å². The monoisotopic (exact) mass is 288 g/mol. The quantitative estimate of drug-likeness (QED) is 0.472. The third kappa shape index (κ3) is 3.96. The fraction of sp³-hybridized carbons (Fsp3) is 0.333. The summed E-state index contributed by atoms with van der Waals surface area (Å²) >= 11 is 2.38. The van der Waals surface area contributed by atoms with Crippen molar-refractivity contribution in [2.45, 2.75) is 6.42 Å². The van der Waals surface area contributed by atoms with Crippen molar-refractivity contribution in [1.82, 2.24) is 0 Å². The van der Waals surface area contributed by atoms with Gasteiger partial charge in [0.1, 0.15) is 5.75 Å². The van der Waals surface area contributed by atoms with Gasteiger partial charge in [-0.15, -0.1) is 0 Å². The minimum Gasteiger partial charge on any atom is -1.00 e. The van der Waals surface area contributed by atoms with Gasteiger partial charge in [0.2, 0.25) is 0 Å². The molecule has 0 aromatic heterocycles. The third-order valence-corrected chi connectivity index (χ3v) is 2.08. The molecule has 0 unspecified atom stereocenters. The summed E-state index contributed by atoms with van der Waals surface area (Å²) in [6, 6.07) is 8.22. The van der Waals surface area contributed by atoms with Gasteiger partial charge >= 0.3 is 23.1 Å². The zero-order valence-electron chi connectivity index (χ0n) is 9.22. The first-order valence-corrected chi connectivity index (χ1v) is 5.08. The molecule has 1 nitrogen and oxygen atoms in total. The van der Waals surface area contributed by atoms with E-state index in [4.69, 9.17) is 4.74 Å². The molecule has 0 bridgehead atoms. The van der Waals surface area contributed by atoms with Crippen molar-refractivity contribution in [3.63, 3.8) is 0 Å². The maximum absolute atomic E-state index is 5.05. The number of rotatable bonds is 3. The van der Waals surface area contributed by atoms with E-state index in [1.54, 1.807) is 7.11 Å². The molecule has 1 aromatic rings. The Morgan fingerprint density at radius 2 is 1.92 bits per heavy atom. The SMILES string of the molecule is COc1ccc(CCI)cc1.[H-].[H-].[Mg+2]. The van der Waals surface area contributed by atoms with E-state index in [0.717, 1.165) is 12.2 Å². The number of hydrogen-bond donors (Lipinski definition) is 0. The molecule has 0 saturated carbocycles. The maximum Gasteiger partial charge on any atom is 2.00 e. The fourth-order valence-electron chi connectivity index (χ4n) is 0.901. The van der Waals surface area contributed by atoms with Crippen LogP contribution in [-0.2, 0) is 6.42 Å². The van der Waals surface area contributed by atoms with Crippen LogP contribution in [0.1, 0.15) is 8.42 Å². The van der Waals surface area contributed by atoms with Crippen molar-refractivity contribution in [2.75, 3.05) is 11.5 Å². The Balaban J connectivity index is -0.000000403. The molecule has 3 heteroatoms. The molecule has 0 saturated heterocycles. The van der Waals surface area contributed by atoms with Gasteiger partial charge in [0, 0.05) is 4.43 Å². The first kappa shape index (κ1) is 12.5. The Morgan fingerprint density at radius 3 is 2.33 bits per heavy atom. The summed E-state index contributed by atoms with van der Waals surface area (Å²) in [5.74, 6) is 0.933. The van der Waals surface area contributed by atoms with Crippen LogP contribution >= 0.6 is 22.6 Å². The molecular formula is C9H13IMgO. The summed E-state index contributed by atoms with van der Waals surface area (Å²) in [6.07, 6.45) is 1.14. The van der Waals surface area contributed by atoms with Crippen LogP contribution in [-0.4, -0.2) is 34.6 Å². The van der Waals surface area contributed by atoms with Crippen LogP contribution in [0.4, 0.5) is 0 Å². The van der Waals surface area contributed by atoms with Gasteiger partial charge in [0.15, 0.2) is 0 Å². The van der Waals surface area contributed by atoms with Crippen molar-refractivity contribution in [2.24, 2.45) is 0 Å². The topological polar surface area (TPSA) is 9.23 Å². The van der Waals surface area contributed by atoms with E-state index in [9.17, 15) is 0 Å². The number of halogens is 1. The van der Waals surface area contributed by atoms with Gasteiger partial charge in [-0.2, -0.15) is 0 Å². The predicted octanol–water partition coefficient (Wildman–Crippen LogP) is 2.52. The molecule has 0 spiro atoms. The number of benzene rings is 1. The average Bonchev–Trinajstić information content (AvgIpc) is 2.07. The third-order valence-electron chi connectivity index (χ3n) is 1.54. The van der Waals surface area contributed by atoms with E-state index in [-0.39, 0.29) is 25.9 Å². The Morgan fingerprint density at radius 1 is 1.33 bits per heavy atom. The van der Waals surface area contributed by atoms with Crippen molar-refractivity contribution >= 4 is 45.6 Å². The molecule has 0 radical (unpaired) electrons. The number of ether oxygens (including phenoxy) is 1. The second-order valence-electron chi connectivity index (χ2n) is 2.29. The van der Waals surface area contributed by atoms with Gasteiger partial charge in [-0.1, -0.05) is 34.7 Å². The summed E-state index contributed by atoms with van der Waals surface area (Å²) < 4.78 is 6.22. The molecule has 1 rings (SSSR count). The van der Waals surface area contributed by atoms with E-state index >= 15 is 0 Å². The maximum atomic E-state index is 5.05. The number of methoxy groups -OCH3 is 1. The van der Waals surface area contributed by atoms with Crippen LogP contribution in [0.15, 0.2) is 24.3 Å². The van der Waals surface area contributed by atoms with E-state index in [1.165, 1.54) is 9.99 Å². The van der Waals surface area contributed by atoms with E-state index in [2.05, 4.69) is 34.7 Å². The fourth-order valence-corrected chi connectivity index (χ4v) is 1.52. The van der Waals surface area contributed by atoms with Crippen LogP contribution in [0, 0.1) is 0 Å². The average molecular weight is 288 g/mol. The molecule has 0 N–H and O–H groups in total. The van der Waals surface area contributed by atoms with Crippen LogP contribution in [0.2, 0.25) is 0 Å². The first-order chi connectivity index (χ1) is 5.36. The van der Waals surface area contributed by atoms with Crippen molar-refractivity contribution in [3.8, 4) is 5.75 Å². The van der Waals surface area contributed by atoms with E-state index in [1.807, 2.05) is 12.1 Å². The zero-order valence-corrected chi connectivity index (χ0v) is 10.8. The molecule has 0 atom stereocenters. The Bertz CT molecular complexity index is 219. The van der Waals surface area contributed by atoms with Gasteiger partial charge in [0.25, 0.3) is 0 Å². The number of hydrogen-bond acceptors (Lipinski definition) is 1. The summed E-state index contributed by atoms with van der Waals surface area (Å²) in [5, 5.41) is 0. The Hall–Kier alpha value is 0.516. The minimum atomic E-state index is 0. The molecule has 0 fully saturated rings. The standard InChI is InChI=1S/C9H11IO.Mg.2H/c1-11-9-4-2-8(3-5-9)6-7-10;;;/h2-5H,6-7H2,1H3;;;/q;+2;2*-1. The van der Waals surface area contributed by atoms with Gasteiger partial charge in [-0.05, 0) is 24.1 Å². The van der Waals surface area contributed by atoms with Crippen LogP contribution < -0.4 is 4.74 Å². The van der Waals surface area contributed by atoms with E-state index < -0.39 is 0 Å². The van der Waals surface area contributed by atoms with E-state index in [0.29, 0.717) is 0 Å². The number of alkyl halides is 1. The summed E-state index contributed by atoms with van der Waals surface area (Å²) in [6.45, 7) is 0.